The number of nitrogens with one attached hydrogen (secondary N) is 1. The third-order valence-corrected chi connectivity index (χ3v) is 6.65. The quantitative estimate of drug-likeness (QED) is 0.501. The van der Waals surface area contributed by atoms with Crippen molar-refractivity contribution in [3.63, 3.8) is 0 Å². The predicted molar refractivity (Wildman–Crippen MR) is 126 cm³/mol. The molecule has 4 rings (SSSR count). The highest BCUT2D eigenvalue weighted by molar-refractivity contribution is 7.10. The zero-order valence-electron chi connectivity index (χ0n) is 18.3. The van der Waals surface area contributed by atoms with Crippen LogP contribution < -0.4 is 14.8 Å². The summed E-state index contributed by atoms with van der Waals surface area (Å²) in [5.74, 6) is 2.47. The average molecular weight is 452 g/mol. The maximum atomic E-state index is 12.4. The van der Waals surface area contributed by atoms with Gasteiger partial charge in [0.15, 0.2) is 6.61 Å². The first-order valence-corrected chi connectivity index (χ1v) is 11.9. The predicted octanol–water partition coefficient (Wildman–Crippen LogP) is 4.90. The van der Waals surface area contributed by atoms with E-state index in [0.29, 0.717) is 23.9 Å². The summed E-state index contributed by atoms with van der Waals surface area (Å²) in [5.41, 5.74) is 0. The first kappa shape index (κ1) is 22.3. The molecule has 0 unspecified atom stereocenters. The largest absolute Gasteiger partial charge is 0.484 e. The van der Waals surface area contributed by atoms with E-state index in [-0.39, 0.29) is 18.6 Å². The molecule has 1 atom stereocenters. The van der Waals surface area contributed by atoms with E-state index in [2.05, 4.69) is 39.6 Å². The first-order chi connectivity index (χ1) is 15.7. The van der Waals surface area contributed by atoms with Crippen molar-refractivity contribution < 1.29 is 14.3 Å². The summed E-state index contributed by atoms with van der Waals surface area (Å²) >= 11 is 1.75. The number of ether oxygens (including phenoxy) is 2. The van der Waals surface area contributed by atoms with Gasteiger partial charge in [-0.3, -0.25) is 9.69 Å². The van der Waals surface area contributed by atoms with Gasteiger partial charge in [0.25, 0.3) is 5.91 Å². The fraction of sp³-hybridized carbons (Fsp3) is 0.360. The molecule has 0 bridgehead atoms. The smallest absolute Gasteiger partial charge is 0.258 e. The number of carbonyl (C=O) groups excluding carboxylic acids is 1. The number of rotatable bonds is 9. The van der Waals surface area contributed by atoms with Crippen molar-refractivity contribution in [2.75, 3.05) is 26.2 Å². The second-order valence-corrected chi connectivity index (χ2v) is 9.06. The van der Waals surface area contributed by atoms with Crippen molar-refractivity contribution in [1.29, 1.82) is 0 Å². The SMILES string of the molecule is CC1CCN([C@H](CNC(=O)COc2ccc(Oc3ccccn3)cc2)c2cccs2)CC1. The second-order valence-electron chi connectivity index (χ2n) is 8.08. The summed E-state index contributed by atoms with van der Waals surface area (Å²) in [4.78, 5) is 20.4. The molecule has 0 spiro atoms. The van der Waals surface area contributed by atoms with Crippen LogP contribution in [0.15, 0.2) is 66.2 Å². The lowest BCUT2D eigenvalue weighted by Crippen LogP contribution is -2.42. The van der Waals surface area contributed by atoms with E-state index in [0.717, 1.165) is 19.0 Å². The van der Waals surface area contributed by atoms with Gasteiger partial charge in [-0.1, -0.05) is 19.1 Å². The molecule has 1 fully saturated rings. The van der Waals surface area contributed by atoms with E-state index in [4.69, 9.17) is 9.47 Å². The Balaban J connectivity index is 1.25. The Morgan fingerprint density at radius 1 is 1.12 bits per heavy atom. The molecule has 1 amide bonds. The first-order valence-electron chi connectivity index (χ1n) is 11.0. The molecule has 0 saturated carbocycles. The van der Waals surface area contributed by atoms with Gasteiger partial charge in [-0.05, 0) is 73.6 Å². The van der Waals surface area contributed by atoms with E-state index in [1.807, 2.05) is 12.1 Å². The molecule has 168 valence electrons. The molecule has 7 heteroatoms. The Kier molecular flexibility index (Phi) is 7.74. The van der Waals surface area contributed by atoms with Crippen molar-refractivity contribution in [2.45, 2.75) is 25.8 Å². The Bertz CT molecular complexity index is 956. The van der Waals surface area contributed by atoms with Crippen molar-refractivity contribution in [3.8, 4) is 17.4 Å². The fourth-order valence-electron chi connectivity index (χ4n) is 3.77. The van der Waals surface area contributed by atoms with Crippen LogP contribution >= 0.6 is 11.3 Å². The molecule has 1 aromatic carbocycles. The minimum Gasteiger partial charge on any atom is -0.484 e. The lowest BCUT2D eigenvalue weighted by atomic mass is 9.97. The second kappa shape index (κ2) is 11.1. The standard InChI is InChI=1S/C25H29N3O3S/c1-19-11-14-28(15-12-19)22(23-5-4-16-32-23)17-27-24(29)18-30-20-7-9-21(10-8-20)31-25-6-2-3-13-26-25/h2-10,13,16,19,22H,11-12,14-15,17-18H2,1H3,(H,27,29)/t22-/m1/s1. The molecule has 2 aromatic heterocycles. The third kappa shape index (κ3) is 6.31. The third-order valence-electron chi connectivity index (χ3n) is 5.68. The minimum absolute atomic E-state index is 0.0192. The maximum absolute atomic E-state index is 12.4. The minimum atomic E-state index is -0.120. The summed E-state index contributed by atoms with van der Waals surface area (Å²) < 4.78 is 11.3. The van der Waals surface area contributed by atoms with E-state index in [1.165, 1.54) is 17.7 Å². The van der Waals surface area contributed by atoms with Gasteiger partial charge in [0.2, 0.25) is 5.88 Å². The van der Waals surface area contributed by atoms with Gasteiger partial charge in [0.05, 0.1) is 6.04 Å². The fourth-order valence-corrected chi connectivity index (χ4v) is 4.63. The average Bonchev–Trinajstić information content (AvgIpc) is 3.35. The van der Waals surface area contributed by atoms with Crippen LogP contribution in [0.2, 0.25) is 0 Å². The molecule has 3 aromatic rings. The number of pyridine rings is 1. The van der Waals surface area contributed by atoms with Crippen LogP contribution in [0.5, 0.6) is 17.4 Å². The van der Waals surface area contributed by atoms with Crippen LogP contribution in [-0.2, 0) is 4.79 Å². The Morgan fingerprint density at radius 2 is 1.91 bits per heavy atom. The number of carbonyl (C=O) groups is 1. The number of hydrogen-bond donors (Lipinski definition) is 1. The summed E-state index contributed by atoms with van der Waals surface area (Å²) in [6.45, 7) is 5.03. The van der Waals surface area contributed by atoms with Crippen LogP contribution in [0.3, 0.4) is 0 Å². The van der Waals surface area contributed by atoms with Gasteiger partial charge < -0.3 is 14.8 Å². The number of thiophene rings is 1. The van der Waals surface area contributed by atoms with Gasteiger partial charge in [-0.15, -0.1) is 11.3 Å². The van der Waals surface area contributed by atoms with Crippen LogP contribution in [0.25, 0.3) is 0 Å². The number of benzene rings is 1. The number of piperidine rings is 1. The van der Waals surface area contributed by atoms with Crippen LogP contribution in [0.4, 0.5) is 0 Å². The number of likely N-dealkylation sites (tertiary alicyclic amines) is 1. The van der Waals surface area contributed by atoms with Crippen LogP contribution in [0, 0.1) is 5.92 Å². The number of hydrogen-bond acceptors (Lipinski definition) is 6. The van der Waals surface area contributed by atoms with Crippen molar-refractivity contribution in [1.82, 2.24) is 15.2 Å². The molecular formula is C25H29N3O3S. The van der Waals surface area contributed by atoms with Crippen LogP contribution in [0.1, 0.15) is 30.7 Å². The van der Waals surface area contributed by atoms with Crippen molar-refractivity contribution in [3.05, 3.63) is 71.1 Å². The van der Waals surface area contributed by atoms with Gasteiger partial charge >= 0.3 is 0 Å². The molecule has 1 aliphatic heterocycles. The van der Waals surface area contributed by atoms with Gasteiger partial charge in [-0.2, -0.15) is 0 Å². The zero-order chi connectivity index (χ0) is 22.2. The topological polar surface area (TPSA) is 63.7 Å². The molecule has 1 N–H and O–H groups in total. The molecule has 0 aliphatic carbocycles. The molecule has 32 heavy (non-hydrogen) atoms. The summed E-state index contributed by atoms with van der Waals surface area (Å²) in [6.07, 6.45) is 4.10. The molecule has 1 saturated heterocycles. The maximum Gasteiger partial charge on any atom is 0.258 e. The normalized spacial score (nSPS) is 15.8. The summed E-state index contributed by atoms with van der Waals surface area (Å²) in [5, 5.41) is 5.16. The molecule has 3 heterocycles. The number of nitrogens with zero attached hydrogens (tertiary/aromatic N) is 2. The van der Waals surface area contributed by atoms with Gasteiger partial charge in [0, 0.05) is 23.7 Å². The molecule has 6 nitrogen and oxygen atoms in total. The highest BCUT2D eigenvalue weighted by Gasteiger charge is 2.25. The Labute approximate surface area is 193 Å². The van der Waals surface area contributed by atoms with E-state index in [9.17, 15) is 4.79 Å². The zero-order valence-corrected chi connectivity index (χ0v) is 19.1. The van der Waals surface area contributed by atoms with E-state index >= 15 is 0 Å². The van der Waals surface area contributed by atoms with Gasteiger partial charge in [0.1, 0.15) is 11.5 Å². The highest BCUT2D eigenvalue weighted by atomic mass is 32.1. The summed E-state index contributed by atoms with van der Waals surface area (Å²) in [6, 6.07) is 17.1. The Hall–Kier alpha value is -2.90. The van der Waals surface area contributed by atoms with E-state index < -0.39 is 0 Å². The lowest BCUT2D eigenvalue weighted by molar-refractivity contribution is -0.123. The van der Waals surface area contributed by atoms with Crippen molar-refractivity contribution >= 4 is 17.2 Å². The number of amides is 1. The monoisotopic (exact) mass is 451 g/mol. The Morgan fingerprint density at radius 3 is 2.59 bits per heavy atom. The van der Waals surface area contributed by atoms with Gasteiger partial charge in [-0.25, -0.2) is 4.98 Å². The van der Waals surface area contributed by atoms with Crippen molar-refractivity contribution in [2.24, 2.45) is 5.92 Å². The molecule has 1 aliphatic rings. The number of aromatic nitrogens is 1. The molecular weight excluding hydrogens is 422 g/mol. The molecule has 0 radical (unpaired) electrons. The lowest BCUT2D eigenvalue weighted by Gasteiger charge is -2.36. The highest BCUT2D eigenvalue weighted by Crippen LogP contribution is 2.29. The van der Waals surface area contributed by atoms with E-state index in [1.54, 1.807) is 47.9 Å². The van der Waals surface area contributed by atoms with Crippen LogP contribution in [-0.4, -0.2) is 42.0 Å². The summed E-state index contributed by atoms with van der Waals surface area (Å²) in [7, 11) is 0.